The summed E-state index contributed by atoms with van der Waals surface area (Å²) in [7, 11) is 0. The van der Waals surface area contributed by atoms with Crippen LogP contribution in [0.3, 0.4) is 0 Å². The summed E-state index contributed by atoms with van der Waals surface area (Å²) in [5.74, 6) is -0.189. The summed E-state index contributed by atoms with van der Waals surface area (Å²) >= 11 is 0. The number of benzene rings is 1. The Kier molecular flexibility index (Phi) is 4.71. The van der Waals surface area contributed by atoms with Crippen molar-refractivity contribution in [1.29, 1.82) is 0 Å². The average Bonchev–Trinajstić information content (AvgIpc) is 3.11. The van der Waals surface area contributed by atoms with Crippen LogP contribution in [0.25, 0.3) is 0 Å². The van der Waals surface area contributed by atoms with E-state index in [0.29, 0.717) is 16.9 Å². The molecule has 1 aromatic carbocycles. The number of aromatic nitrogens is 2. The van der Waals surface area contributed by atoms with Crippen molar-refractivity contribution in [2.45, 2.75) is 52.7 Å². The van der Waals surface area contributed by atoms with E-state index in [1.165, 1.54) is 0 Å². The minimum absolute atomic E-state index is 0.189. The van der Waals surface area contributed by atoms with Gasteiger partial charge >= 0.3 is 6.09 Å². The molecule has 26 heavy (non-hydrogen) atoms. The number of fused-ring (bicyclic) bond motifs is 1. The van der Waals surface area contributed by atoms with Crippen LogP contribution in [0.4, 0.5) is 16.2 Å². The molecule has 2 N–H and O–H groups in total. The molecule has 7 nitrogen and oxygen atoms in total. The molecule has 0 saturated carbocycles. The van der Waals surface area contributed by atoms with Crippen LogP contribution >= 0.6 is 0 Å². The van der Waals surface area contributed by atoms with Gasteiger partial charge in [0.1, 0.15) is 5.60 Å². The number of carbonyl (C=O) groups is 2. The van der Waals surface area contributed by atoms with Crippen LogP contribution in [0.1, 0.15) is 48.8 Å². The van der Waals surface area contributed by atoms with Gasteiger partial charge in [0.25, 0.3) is 5.91 Å². The van der Waals surface area contributed by atoms with Crippen molar-refractivity contribution in [2.75, 3.05) is 10.6 Å². The summed E-state index contributed by atoms with van der Waals surface area (Å²) in [6.07, 6.45) is 2.95. The van der Waals surface area contributed by atoms with E-state index < -0.39 is 11.7 Å². The third-order valence-corrected chi connectivity index (χ3v) is 4.11. The molecule has 1 aliphatic rings. The zero-order valence-corrected chi connectivity index (χ0v) is 15.5. The highest BCUT2D eigenvalue weighted by atomic mass is 16.6. The fourth-order valence-corrected chi connectivity index (χ4v) is 2.90. The minimum Gasteiger partial charge on any atom is -0.444 e. The molecule has 0 saturated heterocycles. The Bertz CT molecular complexity index is 849. The molecule has 0 fully saturated rings. The maximum Gasteiger partial charge on any atom is 0.412 e. The first-order valence-electron chi connectivity index (χ1n) is 8.69. The maximum atomic E-state index is 12.6. The van der Waals surface area contributed by atoms with Crippen LogP contribution in [0.5, 0.6) is 0 Å². The van der Waals surface area contributed by atoms with Crippen molar-refractivity contribution in [2.24, 2.45) is 0 Å². The number of carbonyl (C=O) groups excluding carboxylic acids is 2. The van der Waals surface area contributed by atoms with Crippen molar-refractivity contribution in [3.8, 4) is 0 Å². The van der Waals surface area contributed by atoms with Crippen LogP contribution < -0.4 is 10.6 Å². The zero-order valence-electron chi connectivity index (χ0n) is 15.5. The number of amides is 2. The molecule has 1 aromatic heterocycles. The molecular weight excluding hydrogens is 332 g/mol. The van der Waals surface area contributed by atoms with Crippen molar-refractivity contribution < 1.29 is 14.3 Å². The number of hydrogen-bond donors (Lipinski definition) is 2. The van der Waals surface area contributed by atoms with E-state index in [1.54, 1.807) is 39.1 Å². The Hall–Kier alpha value is -2.83. The second kappa shape index (κ2) is 6.82. The Labute approximate surface area is 152 Å². The fraction of sp³-hybridized carbons (Fsp3) is 0.421. The molecule has 0 aliphatic carbocycles. The van der Waals surface area contributed by atoms with Gasteiger partial charge in [0.2, 0.25) is 0 Å². The molecule has 2 amide bonds. The van der Waals surface area contributed by atoms with Gasteiger partial charge in [0.05, 0.1) is 17.5 Å². The van der Waals surface area contributed by atoms with Crippen LogP contribution in [0.2, 0.25) is 0 Å². The van der Waals surface area contributed by atoms with Gasteiger partial charge < -0.3 is 10.1 Å². The highest BCUT2D eigenvalue weighted by Gasteiger charge is 2.22. The van der Waals surface area contributed by atoms with E-state index in [1.807, 2.05) is 17.7 Å². The van der Waals surface area contributed by atoms with Gasteiger partial charge in [-0.15, -0.1) is 0 Å². The largest absolute Gasteiger partial charge is 0.444 e. The SMILES string of the molecule is Cc1ccc(NC(=O)OC(C)(C)C)cc1NC(=O)c1cnn2c1CCC2. The van der Waals surface area contributed by atoms with E-state index in [-0.39, 0.29) is 5.91 Å². The first-order chi connectivity index (χ1) is 12.2. The van der Waals surface area contributed by atoms with E-state index in [2.05, 4.69) is 15.7 Å². The van der Waals surface area contributed by atoms with Gasteiger partial charge in [-0.3, -0.25) is 14.8 Å². The molecule has 2 heterocycles. The second-order valence-electron chi connectivity index (χ2n) is 7.44. The van der Waals surface area contributed by atoms with Gasteiger partial charge in [0.15, 0.2) is 0 Å². The molecule has 2 aromatic rings. The average molecular weight is 356 g/mol. The first kappa shape index (κ1) is 18.0. The summed E-state index contributed by atoms with van der Waals surface area (Å²) in [6, 6.07) is 5.33. The second-order valence-corrected chi connectivity index (χ2v) is 7.44. The molecule has 3 rings (SSSR count). The first-order valence-corrected chi connectivity index (χ1v) is 8.69. The van der Waals surface area contributed by atoms with Crippen molar-refractivity contribution >= 4 is 23.4 Å². The smallest absolute Gasteiger partial charge is 0.412 e. The number of hydrogen-bond acceptors (Lipinski definition) is 4. The third-order valence-electron chi connectivity index (χ3n) is 4.11. The number of ether oxygens (including phenoxy) is 1. The molecule has 0 unspecified atom stereocenters. The summed E-state index contributed by atoms with van der Waals surface area (Å²) in [5.41, 5.74) is 3.10. The molecular formula is C19H24N4O3. The molecule has 0 atom stereocenters. The Morgan fingerprint density at radius 1 is 1.23 bits per heavy atom. The highest BCUT2D eigenvalue weighted by Crippen LogP contribution is 2.24. The van der Waals surface area contributed by atoms with E-state index in [9.17, 15) is 9.59 Å². The topological polar surface area (TPSA) is 85.2 Å². The Morgan fingerprint density at radius 3 is 2.73 bits per heavy atom. The van der Waals surface area contributed by atoms with Gasteiger partial charge in [-0.05, 0) is 58.2 Å². The normalized spacial score (nSPS) is 13.2. The van der Waals surface area contributed by atoms with E-state index >= 15 is 0 Å². The minimum atomic E-state index is -0.575. The predicted molar refractivity (Wildman–Crippen MR) is 99.5 cm³/mol. The molecule has 0 bridgehead atoms. The maximum absolute atomic E-state index is 12.6. The molecule has 0 radical (unpaired) electrons. The van der Waals surface area contributed by atoms with Gasteiger partial charge in [0, 0.05) is 17.9 Å². The van der Waals surface area contributed by atoms with Crippen LogP contribution in [0.15, 0.2) is 24.4 Å². The number of nitrogens with zero attached hydrogens (tertiary/aromatic N) is 2. The number of rotatable bonds is 3. The highest BCUT2D eigenvalue weighted by molar-refractivity contribution is 6.05. The lowest BCUT2D eigenvalue weighted by molar-refractivity contribution is 0.0636. The van der Waals surface area contributed by atoms with Gasteiger partial charge in [-0.2, -0.15) is 5.10 Å². The number of nitrogens with one attached hydrogen (secondary N) is 2. The van der Waals surface area contributed by atoms with Gasteiger partial charge in [-0.1, -0.05) is 6.07 Å². The lowest BCUT2D eigenvalue weighted by Gasteiger charge is -2.20. The van der Waals surface area contributed by atoms with E-state index in [0.717, 1.165) is 30.6 Å². The Morgan fingerprint density at radius 2 is 2.00 bits per heavy atom. The van der Waals surface area contributed by atoms with Crippen molar-refractivity contribution in [3.05, 3.63) is 41.2 Å². The molecule has 1 aliphatic heterocycles. The quantitative estimate of drug-likeness (QED) is 0.877. The van der Waals surface area contributed by atoms with Crippen LogP contribution in [0, 0.1) is 6.92 Å². The van der Waals surface area contributed by atoms with Crippen molar-refractivity contribution in [3.63, 3.8) is 0 Å². The third kappa shape index (κ3) is 4.04. The summed E-state index contributed by atoms with van der Waals surface area (Å²) in [6.45, 7) is 8.17. The molecule has 138 valence electrons. The Balaban J connectivity index is 1.73. The van der Waals surface area contributed by atoms with Crippen LogP contribution in [-0.2, 0) is 17.7 Å². The number of aryl methyl sites for hydroxylation is 2. The standard InChI is InChI=1S/C19H24N4O3/c1-12-7-8-13(21-18(25)26-19(2,3)4)10-15(12)22-17(24)14-11-20-23-9-5-6-16(14)23/h7-8,10-11H,5-6,9H2,1-4H3,(H,21,25)(H,22,24). The van der Waals surface area contributed by atoms with Crippen molar-refractivity contribution in [1.82, 2.24) is 9.78 Å². The molecule has 0 spiro atoms. The van der Waals surface area contributed by atoms with Gasteiger partial charge in [-0.25, -0.2) is 4.79 Å². The number of anilines is 2. The summed E-state index contributed by atoms with van der Waals surface area (Å²) < 4.78 is 7.13. The fourth-order valence-electron chi connectivity index (χ4n) is 2.90. The lowest BCUT2D eigenvalue weighted by Crippen LogP contribution is -2.27. The molecule has 7 heteroatoms. The summed E-state index contributed by atoms with van der Waals surface area (Å²) in [5, 5.41) is 9.86. The predicted octanol–water partition coefficient (Wildman–Crippen LogP) is 3.74. The summed E-state index contributed by atoms with van der Waals surface area (Å²) in [4.78, 5) is 24.6. The zero-order chi connectivity index (χ0) is 18.9. The monoisotopic (exact) mass is 356 g/mol. The van der Waals surface area contributed by atoms with E-state index in [4.69, 9.17) is 4.74 Å². The van der Waals surface area contributed by atoms with Crippen LogP contribution in [-0.4, -0.2) is 27.4 Å². The lowest BCUT2D eigenvalue weighted by atomic mass is 10.1.